The van der Waals surface area contributed by atoms with E-state index in [0.29, 0.717) is 6.04 Å². The Morgan fingerprint density at radius 1 is 1.39 bits per heavy atom. The van der Waals surface area contributed by atoms with Crippen molar-refractivity contribution in [1.82, 2.24) is 9.80 Å². The summed E-state index contributed by atoms with van der Waals surface area (Å²) in [6.07, 6.45) is 2.83. The molecule has 2 heterocycles. The van der Waals surface area contributed by atoms with Crippen molar-refractivity contribution in [1.29, 1.82) is 0 Å². The van der Waals surface area contributed by atoms with Crippen molar-refractivity contribution in [3.8, 4) is 0 Å². The Morgan fingerprint density at radius 2 is 2.11 bits per heavy atom. The molecule has 5 nitrogen and oxygen atoms in total. The molecule has 0 saturated carbocycles. The van der Waals surface area contributed by atoms with Gasteiger partial charge in [-0.15, -0.1) is 0 Å². The first-order chi connectivity index (χ1) is 8.72. The average molecular weight is 255 g/mol. The Hall–Kier alpha value is -0.650. The molecule has 0 radical (unpaired) electrons. The highest BCUT2D eigenvalue weighted by atomic mass is 16.5. The zero-order valence-corrected chi connectivity index (χ0v) is 11.3. The lowest BCUT2D eigenvalue weighted by Gasteiger charge is -2.32. The predicted molar refractivity (Wildman–Crippen MR) is 70.3 cm³/mol. The number of likely N-dealkylation sites (tertiary alicyclic amines) is 1. The van der Waals surface area contributed by atoms with Gasteiger partial charge in [0, 0.05) is 32.2 Å². The summed E-state index contributed by atoms with van der Waals surface area (Å²) in [5.74, 6) is 0.132. The third-order valence-electron chi connectivity index (χ3n) is 3.95. The predicted octanol–water partition coefficient (Wildman–Crippen LogP) is 0.0469. The Kier molecular flexibility index (Phi) is 4.97. The molecule has 5 heteroatoms. The lowest BCUT2D eigenvalue weighted by atomic mass is 10.1. The van der Waals surface area contributed by atoms with Crippen LogP contribution in [0.2, 0.25) is 0 Å². The Bertz CT molecular complexity index is 279. The summed E-state index contributed by atoms with van der Waals surface area (Å²) in [5.41, 5.74) is 5.91. The van der Waals surface area contributed by atoms with Gasteiger partial charge in [-0.3, -0.25) is 9.69 Å². The van der Waals surface area contributed by atoms with Crippen molar-refractivity contribution in [2.24, 2.45) is 5.73 Å². The SMILES string of the molecule is CCCC(N)C(=O)N1CCC(N2CCOCC2)C1. The fraction of sp³-hybridized carbons (Fsp3) is 0.923. The highest BCUT2D eigenvalue weighted by Gasteiger charge is 2.32. The second kappa shape index (κ2) is 6.50. The Labute approximate surface area is 109 Å². The van der Waals surface area contributed by atoms with Crippen LogP contribution in [-0.4, -0.2) is 67.2 Å². The first-order valence-corrected chi connectivity index (χ1v) is 7.08. The van der Waals surface area contributed by atoms with E-state index in [1.54, 1.807) is 0 Å². The van der Waals surface area contributed by atoms with E-state index in [9.17, 15) is 4.79 Å². The van der Waals surface area contributed by atoms with Gasteiger partial charge in [0.15, 0.2) is 0 Å². The van der Waals surface area contributed by atoms with Crippen LogP contribution in [0.25, 0.3) is 0 Å². The van der Waals surface area contributed by atoms with E-state index in [4.69, 9.17) is 10.5 Å². The van der Waals surface area contributed by atoms with Crippen LogP contribution >= 0.6 is 0 Å². The molecule has 2 unspecified atom stereocenters. The maximum absolute atomic E-state index is 12.1. The van der Waals surface area contributed by atoms with Gasteiger partial charge in [-0.1, -0.05) is 13.3 Å². The number of amides is 1. The van der Waals surface area contributed by atoms with Crippen molar-refractivity contribution >= 4 is 5.91 Å². The van der Waals surface area contributed by atoms with Crippen molar-refractivity contribution in [2.75, 3.05) is 39.4 Å². The van der Waals surface area contributed by atoms with Crippen LogP contribution in [0.1, 0.15) is 26.2 Å². The molecule has 0 aromatic rings. The lowest BCUT2D eigenvalue weighted by Crippen LogP contribution is -2.47. The molecule has 1 amide bonds. The zero-order valence-electron chi connectivity index (χ0n) is 11.3. The van der Waals surface area contributed by atoms with E-state index in [0.717, 1.165) is 58.7 Å². The summed E-state index contributed by atoms with van der Waals surface area (Å²) in [6, 6.07) is 0.199. The maximum atomic E-state index is 12.1. The Morgan fingerprint density at radius 3 is 2.78 bits per heavy atom. The van der Waals surface area contributed by atoms with Crippen LogP contribution in [0.4, 0.5) is 0 Å². The molecular formula is C13H25N3O2. The van der Waals surface area contributed by atoms with E-state index < -0.39 is 0 Å². The molecule has 2 aliphatic heterocycles. The smallest absolute Gasteiger partial charge is 0.239 e. The van der Waals surface area contributed by atoms with E-state index in [-0.39, 0.29) is 11.9 Å². The highest BCUT2D eigenvalue weighted by Crippen LogP contribution is 2.18. The number of hydrogen-bond donors (Lipinski definition) is 1. The molecule has 0 bridgehead atoms. The number of carbonyl (C=O) groups excluding carboxylic acids is 1. The van der Waals surface area contributed by atoms with Crippen molar-refractivity contribution in [3.05, 3.63) is 0 Å². The quantitative estimate of drug-likeness (QED) is 0.771. The van der Waals surface area contributed by atoms with Gasteiger partial charge in [0.1, 0.15) is 0 Å². The summed E-state index contributed by atoms with van der Waals surface area (Å²) in [7, 11) is 0. The zero-order chi connectivity index (χ0) is 13.0. The molecule has 18 heavy (non-hydrogen) atoms. The van der Waals surface area contributed by atoms with Crippen molar-refractivity contribution in [3.63, 3.8) is 0 Å². The lowest BCUT2D eigenvalue weighted by molar-refractivity contribution is -0.131. The minimum absolute atomic E-state index is 0.132. The van der Waals surface area contributed by atoms with Gasteiger partial charge < -0.3 is 15.4 Å². The summed E-state index contributed by atoms with van der Waals surface area (Å²) in [4.78, 5) is 16.5. The van der Waals surface area contributed by atoms with Gasteiger partial charge in [-0.25, -0.2) is 0 Å². The molecule has 2 rings (SSSR count). The second-order valence-corrected chi connectivity index (χ2v) is 5.27. The number of rotatable bonds is 4. The van der Waals surface area contributed by atoms with E-state index in [2.05, 4.69) is 11.8 Å². The summed E-state index contributed by atoms with van der Waals surface area (Å²) >= 11 is 0. The minimum atomic E-state index is -0.307. The molecule has 2 saturated heterocycles. The fourth-order valence-corrected chi connectivity index (χ4v) is 2.85. The van der Waals surface area contributed by atoms with E-state index in [1.807, 2.05) is 4.90 Å². The summed E-state index contributed by atoms with van der Waals surface area (Å²) in [6.45, 7) is 7.39. The number of carbonyl (C=O) groups is 1. The van der Waals surface area contributed by atoms with Crippen molar-refractivity contribution < 1.29 is 9.53 Å². The monoisotopic (exact) mass is 255 g/mol. The third-order valence-corrected chi connectivity index (χ3v) is 3.95. The van der Waals surface area contributed by atoms with Crippen molar-refractivity contribution in [2.45, 2.75) is 38.3 Å². The first-order valence-electron chi connectivity index (χ1n) is 7.08. The second-order valence-electron chi connectivity index (χ2n) is 5.27. The third kappa shape index (κ3) is 3.22. The van der Waals surface area contributed by atoms with Gasteiger partial charge in [0.05, 0.1) is 19.3 Å². The number of hydrogen-bond acceptors (Lipinski definition) is 4. The molecular weight excluding hydrogens is 230 g/mol. The highest BCUT2D eigenvalue weighted by molar-refractivity contribution is 5.81. The topological polar surface area (TPSA) is 58.8 Å². The van der Waals surface area contributed by atoms with Crippen LogP contribution in [0.15, 0.2) is 0 Å². The number of morpholine rings is 1. The fourth-order valence-electron chi connectivity index (χ4n) is 2.85. The minimum Gasteiger partial charge on any atom is -0.379 e. The standard InChI is InChI=1S/C13H25N3O2/c1-2-3-12(14)13(17)16-5-4-11(10-16)15-6-8-18-9-7-15/h11-12H,2-10,14H2,1H3. The number of nitrogens with zero attached hydrogens (tertiary/aromatic N) is 2. The van der Waals surface area contributed by atoms with Crippen LogP contribution in [0.5, 0.6) is 0 Å². The number of nitrogens with two attached hydrogens (primary N) is 1. The van der Waals surface area contributed by atoms with Crippen LogP contribution in [-0.2, 0) is 9.53 Å². The molecule has 2 atom stereocenters. The van der Waals surface area contributed by atoms with Gasteiger partial charge in [0.25, 0.3) is 0 Å². The van der Waals surface area contributed by atoms with Gasteiger partial charge in [-0.2, -0.15) is 0 Å². The molecule has 2 aliphatic rings. The van der Waals surface area contributed by atoms with Crippen LogP contribution < -0.4 is 5.73 Å². The molecule has 0 aliphatic carbocycles. The van der Waals surface area contributed by atoms with Crippen LogP contribution in [0.3, 0.4) is 0 Å². The van der Waals surface area contributed by atoms with E-state index >= 15 is 0 Å². The maximum Gasteiger partial charge on any atom is 0.239 e. The summed E-state index contributed by atoms with van der Waals surface area (Å²) < 4.78 is 5.36. The largest absolute Gasteiger partial charge is 0.379 e. The normalized spacial score (nSPS) is 27.4. The molecule has 0 aromatic heterocycles. The van der Waals surface area contributed by atoms with Gasteiger partial charge >= 0.3 is 0 Å². The first kappa shape index (κ1) is 13.8. The molecule has 2 N–H and O–H groups in total. The molecule has 2 fully saturated rings. The molecule has 104 valence electrons. The van der Waals surface area contributed by atoms with Gasteiger partial charge in [-0.05, 0) is 12.8 Å². The molecule has 0 spiro atoms. The summed E-state index contributed by atoms with van der Waals surface area (Å²) in [5, 5.41) is 0. The van der Waals surface area contributed by atoms with E-state index in [1.165, 1.54) is 0 Å². The average Bonchev–Trinajstić information content (AvgIpc) is 2.89. The van der Waals surface area contributed by atoms with Crippen LogP contribution in [0, 0.1) is 0 Å². The molecule has 0 aromatic carbocycles. The number of ether oxygens (including phenoxy) is 1. The van der Waals surface area contributed by atoms with Gasteiger partial charge in [0.2, 0.25) is 5.91 Å². The Balaban J connectivity index is 1.81.